The monoisotopic (exact) mass is 277 g/mol. The molecule has 0 unspecified atom stereocenters. The van der Waals surface area contributed by atoms with Gasteiger partial charge < -0.3 is 14.6 Å². The second-order valence-corrected chi connectivity index (χ2v) is 4.59. The van der Waals surface area contributed by atoms with Crippen LogP contribution in [0.25, 0.3) is 0 Å². The van der Waals surface area contributed by atoms with E-state index >= 15 is 0 Å². The third-order valence-electron chi connectivity index (χ3n) is 3.03. The molecule has 1 aromatic heterocycles. The zero-order chi connectivity index (χ0) is 14.4. The van der Waals surface area contributed by atoms with Gasteiger partial charge in [0.25, 0.3) is 0 Å². The zero-order valence-electron chi connectivity index (χ0n) is 11.9. The molecular weight excluding hydrogens is 257 g/mol. The number of nitrogens with one attached hydrogen (secondary N) is 1. The molecule has 0 saturated heterocycles. The highest BCUT2D eigenvalue weighted by Gasteiger charge is 2.03. The van der Waals surface area contributed by atoms with Crippen molar-refractivity contribution in [2.45, 2.75) is 26.9 Å². The average molecular weight is 277 g/mol. The van der Waals surface area contributed by atoms with E-state index in [0.717, 1.165) is 17.9 Å². The number of ether oxygens (including phenoxy) is 1. The Morgan fingerprint density at radius 2 is 2.20 bits per heavy atom. The summed E-state index contributed by atoms with van der Waals surface area (Å²) in [6.45, 7) is 6.64. The van der Waals surface area contributed by atoms with E-state index in [-0.39, 0.29) is 5.82 Å². The molecular formula is C15H20FN3O. The summed E-state index contributed by atoms with van der Waals surface area (Å²) >= 11 is 0. The Balaban J connectivity index is 1.91. The number of nitrogens with zero attached hydrogens (tertiary/aromatic N) is 2. The average Bonchev–Trinajstić information content (AvgIpc) is 2.82. The summed E-state index contributed by atoms with van der Waals surface area (Å²) in [5, 5.41) is 3.17. The predicted octanol–water partition coefficient (Wildman–Crippen LogP) is 2.52. The molecule has 0 amide bonds. The van der Waals surface area contributed by atoms with E-state index in [4.69, 9.17) is 4.74 Å². The lowest BCUT2D eigenvalue weighted by atomic mass is 10.2. The minimum absolute atomic E-state index is 0.269. The summed E-state index contributed by atoms with van der Waals surface area (Å²) in [4.78, 5) is 4.14. The first kappa shape index (κ1) is 14.5. The van der Waals surface area contributed by atoms with Gasteiger partial charge in [0.1, 0.15) is 24.0 Å². The Labute approximate surface area is 118 Å². The zero-order valence-corrected chi connectivity index (χ0v) is 11.9. The van der Waals surface area contributed by atoms with Crippen molar-refractivity contribution < 1.29 is 9.13 Å². The number of imidazole rings is 1. The van der Waals surface area contributed by atoms with Gasteiger partial charge in [-0.2, -0.15) is 0 Å². The Morgan fingerprint density at radius 1 is 1.35 bits per heavy atom. The quantitative estimate of drug-likeness (QED) is 0.845. The molecule has 2 aromatic rings. The van der Waals surface area contributed by atoms with Crippen LogP contribution in [-0.2, 0) is 13.1 Å². The SMILES string of the molecule is CCNCc1cc(F)cc(OCCn2ccnc2C)c1. The first-order valence-electron chi connectivity index (χ1n) is 6.79. The summed E-state index contributed by atoms with van der Waals surface area (Å²) in [5.74, 6) is 1.24. The standard InChI is InChI=1S/C15H20FN3O/c1-3-17-11-13-8-14(16)10-15(9-13)20-7-6-19-5-4-18-12(19)2/h4-5,8-10,17H,3,6-7,11H2,1-2H3. The summed E-state index contributed by atoms with van der Waals surface area (Å²) < 4.78 is 21.1. The fraction of sp³-hybridized carbons (Fsp3) is 0.400. The molecule has 1 aromatic carbocycles. The van der Waals surface area contributed by atoms with Crippen molar-refractivity contribution in [3.63, 3.8) is 0 Å². The molecule has 1 N–H and O–H groups in total. The van der Waals surface area contributed by atoms with Gasteiger partial charge in [0.15, 0.2) is 0 Å². The van der Waals surface area contributed by atoms with Gasteiger partial charge in [-0.15, -0.1) is 0 Å². The molecule has 4 nitrogen and oxygen atoms in total. The summed E-state index contributed by atoms with van der Waals surface area (Å²) in [7, 11) is 0. The van der Waals surface area contributed by atoms with Gasteiger partial charge in [-0.25, -0.2) is 9.37 Å². The van der Waals surface area contributed by atoms with Gasteiger partial charge in [-0.05, 0) is 31.2 Å². The molecule has 1 heterocycles. The molecule has 0 atom stereocenters. The smallest absolute Gasteiger partial charge is 0.127 e. The van der Waals surface area contributed by atoms with E-state index in [1.54, 1.807) is 6.20 Å². The topological polar surface area (TPSA) is 39.1 Å². The van der Waals surface area contributed by atoms with Crippen LogP contribution < -0.4 is 10.1 Å². The largest absolute Gasteiger partial charge is 0.492 e. The van der Waals surface area contributed by atoms with Gasteiger partial charge in [0.05, 0.1) is 6.54 Å². The number of halogens is 1. The van der Waals surface area contributed by atoms with Crippen LogP contribution in [0.4, 0.5) is 4.39 Å². The second kappa shape index (κ2) is 7.05. The Morgan fingerprint density at radius 3 is 2.90 bits per heavy atom. The summed E-state index contributed by atoms with van der Waals surface area (Å²) in [5.41, 5.74) is 0.890. The Hall–Kier alpha value is -1.88. The predicted molar refractivity (Wildman–Crippen MR) is 76.2 cm³/mol. The van der Waals surface area contributed by atoms with Gasteiger partial charge in [-0.3, -0.25) is 0 Å². The molecule has 108 valence electrons. The highest BCUT2D eigenvalue weighted by molar-refractivity contribution is 5.29. The van der Waals surface area contributed by atoms with E-state index in [2.05, 4.69) is 10.3 Å². The minimum atomic E-state index is -0.269. The van der Waals surface area contributed by atoms with Crippen LogP contribution in [0, 0.1) is 12.7 Å². The molecule has 2 rings (SSSR count). The minimum Gasteiger partial charge on any atom is -0.492 e. The Kier molecular flexibility index (Phi) is 5.12. The van der Waals surface area contributed by atoms with Gasteiger partial charge >= 0.3 is 0 Å². The Bertz CT molecular complexity index is 554. The molecule has 0 spiro atoms. The fourth-order valence-corrected chi connectivity index (χ4v) is 1.98. The van der Waals surface area contributed by atoms with E-state index in [0.29, 0.717) is 25.4 Å². The number of hydrogen-bond acceptors (Lipinski definition) is 3. The lowest BCUT2D eigenvalue weighted by Crippen LogP contribution is -2.12. The highest BCUT2D eigenvalue weighted by atomic mass is 19.1. The number of rotatable bonds is 7. The van der Waals surface area contributed by atoms with E-state index in [1.807, 2.05) is 30.7 Å². The molecule has 0 aliphatic heterocycles. The second-order valence-electron chi connectivity index (χ2n) is 4.59. The lowest BCUT2D eigenvalue weighted by molar-refractivity contribution is 0.295. The number of benzene rings is 1. The van der Waals surface area contributed by atoms with Gasteiger partial charge in [-0.1, -0.05) is 6.92 Å². The van der Waals surface area contributed by atoms with Crippen LogP contribution in [0.15, 0.2) is 30.6 Å². The van der Waals surface area contributed by atoms with Crippen molar-refractivity contribution in [2.24, 2.45) is 0 Å². The lowest BCUT2D eigenvalue weighted by Gasteiger charge is -2.10. The number of aryl methyl sites for hydroxylation is 1. The van der Waals surface area contributed by atoms with Crippen molar-refractivity contribution >= 4 is 0 Å². The third-order valence-corrected chi connectivity index (χ3v) is 3.03. The third kappa shape index (κ3) is 4.06. The van der Waals surface area contributed by atoms with Crippen molar-refractivity contribution in [3.05, 3.63) is 47.8 Å². The molecule has 0 aliphatic rings. The maximum atomic E-state index is 13.5. The van der Waals surface area contributed by atoms with Crippen LogP contribution in [0.2, 0.25) is 0 Å². The van der Waals surface area contributed by atoms with Crippen molar-refractivity contribution in [1.82, 2.24) is 14.9 Å². The first-order chi connectivity index (χ1) is 9.69. The molecule has 0 aliphatic carbocycles. The highest BCUT2D eigenvalue weighted by Crippen LogP contribution is 2.16. The normalized spacial score (nSPS) is 10.8. The molecule has 0 bridgehead atoms. The maximum Gasteiger partial charge on any atom is 0.127 e. The van der Waals surface area contributed by atoms with Crippen LogP contribution in [0.5, 0.6) is 5.75 Å². The number of hydrogen-bond donors (Lipinski definition) is 1. The molecule has 0 radical (unpaired) electrons. The summed E-state index contributed by atoms with van der Waals surface area (Å²) in [6, 6.07) is 4.80. The van der Waals surface area contributed by atoms with Crippen molar-refractivity contribution in [3.8, 4) is 5.75 Å². The van der Waals surface area contributed by atoms with E-state index in [9.17, 15) is 4.39 Å². The fourth-order valence-electron chi connectivity index (χ4n) is 1.98. The van der Waals surface area contributed by atoms with Crippen LogP contribution in [-0.4, -0.2) is 22.7 Å². The van der Waals surface area contributed by atoms with Crippen LogP contribution in [0.1, 0.15) is 18.3 Å². The first-order valence-corrected chi connectivity index (χ1v) is 6.79. The van der Waals surface area contributed by atoms with Crippen LogP contribution in [0.3, 0.4) is 0 Å². The molecule has 0 saturated carbocycles. The van der Waals surface area contributed by atoms with Crippen molar-refractivity contribution in [2.75, 3.05) is 13.2 Å². The molecule has 0 fully saturated rings. The van der Waals surface area contributed by atoms with Crippen LogP contribution >= 0.6 is 0 Å². The molecule has 5 heteroatoms. The van der Waals surface area contributed by atoms with E-state index in [1.165, 1.54) is 12.1 Å². The number of aromatic nitrogens is 2. The van der Waals surface area contributed by atoms with Gasteiger partial charge in [0.2, 0.25) is 0 Å². The van der Waals surface area contributed by atoms with Crippen molar-refractivity contribution in [1.29, 1.82) is 0 Å². The van der Waals surface area contributed by atoms with Gasteiger partial charge in [0, 0.05) is 25.0 Å². The van der Waals surface area contributed by atoms with E-state index < -0.39 is 0 Å². The maximum absolute atomic E-state index is 13.5. The summed E-state index contributed by atoms with van der Waals surface area (Å²) in [6.07, 6.45) is 3.66. The molecule has 20 heavy (non-hydrogen) atoms.